The van der Waals surface area contributed by atoms with Crippen molar-refractivity contribution in [3.8, 4) is 5.69 Å². The fourth-order valence-corrected chi connectivity index (χ4v) is 5.79. The Morgan fingerprint density at radius 2 is 1.76 bits per heavy atom. The van der Waals surface area contributed by atoms with E-state index in [1.165, 1.54) is 6.42 Å². The Morgan fingerprint density at radius 1 is 1.12 bits per heavy atom. The van der Waals surface area contributed by atoms with Crippen molar-refractivity contribution >= 4 is 10.0 Å². The SMILES string of the molecule is Cc1nn(-c2ccccc2)cc1S(=O)(=O)N(C(C)C)C1CCCCC1. The maximum absolute atomic E-state index is 13.4. The molecule has 0 radical (unpaired) electrons. The lowest BCUT2D eigenvalue weighted by molar-refractivity contribution is 0.220. The summed E-state index contributed by atoms with van der Waals surface area (Å²) in [5.41, 5.74) is 1.41. The van der Waals surface area contributed by atoms with Crippen molar-refractivity contribution in [2.75, 3.05) is 0 Å². The van der Waals surface area contributed by atoms with Gasteiger partial charge in [0.2, 0.25) is 10.0 Å². The van der Waals surface area contributed by atoms with E-state index < -0.39 is 10.0 Å². The van der Waals surface area contributed by atoms with Gasteiger partial charge in [0.15, 0.2) is 0 Å². The van der Waals surface area contributed by atoms with Crippen molar-refractivity contribution < 1.29 is 8.42 Å². The molecule has 1 aliphatic rings. The molecule has 1 aliphatic carbocycles. The number of nitrogens with zero attached hydrogens (tertiary/aromatic N) is 3. The Bertz CT molecular complexity index is 806. The minimum absolute atomic E-state index is 0.0624. The third-order valence-corrected chi connectivity index (χ3v) is 7.11. The Morgan fingerprint density at radius 3 is 2.36 bits per heavy atom. The van der Waals surface area contributed by atoms with Crippen molar-refractivity contribution in [1.82, 2.24) is 14.1 Å². The predicted molar refractivity (Wildman–Crippen MR) is 99.3 cm³/mol. The zero-order valence-electron chi connectivity index (χ0n) is 15.2. The molecule has 2 aromatic rings. The van der Waals surface area contributed by atoms with E-state index in [2.05, 4.69) is 5.10 Å². The number of sulfonamides is 1. The summed E-state index contributed by atoms with van der Waals surface area (Å²) in [5, 5.41) is 4.44. The normalized spacial score (nSPS) is 16.7. The van der Waals surface area contributed by atoms with Crippen molar-refractivity contribution in [3.05, 3.63) is 42.2 Å². The maximum Gasteiger partial charge on any atom is 0.246 e. The molecule has 1 heterocycles. The van der Waals surface area contributed by atoms with E-state index in [4.69, 9.17) is 0 Å². The Kier molecular flexibility index (Phi) is 5.29. The average Bonchev–Trinajstić information content (AvgIpc) is 2.99. The second kappa shape index (κ2) is 7.30. The lowest BCUT2D eigenvalue weighted by atomic mass is 9.95. The lowest BCUT2D eigenvalue weighted by Crippen LogP contribution is -2.45. The van der Waals surface area contributed by atoms with Gasteiger partial charge in [-0.3, -0.25) is 0 Å². The van der Waals surface area contributed by atoms with Crippen LogP contribution >= 0.6 is 0 Å². The molecule has 0 unspecified atom stereocenters. The minimum atomic E-state index is -3.57. The first-order chi connectivity index (χ1) is 11.9. The van der Waals surface area contributed by atoms with Gasteiger partial charge in [-0.15, -0.1) is 0 Å². The topological polar surface area (TPSA) is 55.2 Å². The molecule has 136 valence electrons. The van der Waals surface area contributed by atoms with Crippen LogP contribution in [0, 0.1) is 6.92 Å². The van der Waals surface area contributed by atoms with Gasteiger partial charge in [-0.25, -0.2) is 13.1 Å². The smallest absolute Gasteiger partial charge is 0.239 e. The van der Waals surface area contributed by atoms with Crippen molar-refractivity contribution in [1.29, 1.82) is 0 Å². The van der Waals surface area contributed by atoms with E-state index in [1.807, 2.05) is 44.2 Å². The second-order valence-electron chi connectivity index (χ2n) is 7.08. The molecule has 1 fully saturated rings. The highest BCUT2D eigenvalue weighted by atomic mass is 32.2. The molecule has 0 amide bonds. The van der Waals surface area contributed by atoms with Crippen LogP contribution in [0.1, 0.15) is 51.6 Å². The minimum Gasteiger partial charge on any atom is -0.239 e. The largest absolute Gasteiger partial charge is 0.246 e. The van der Waals surface area contributed by atoms with Crippen LogP contribution in [0.3, 0.4) is 0 Å². The summed E-state index contributed by atoms with van der Waals surface area (Å²) in [6.45, 7) is 5.69. The van der Waals surface area contributed by atoms with Gasteiger partial charge < -0.3 is 0 Å². The van der Waals surface area contributed by atoms with Crippen LogP contribution in [0.2, 0.25) is 0 Å². The van der Waals surface area contributed by atoms with Crippen LogP contribution in [0.15, 0.2) is 41.4 Å². The summed E-state index contributed by atoms with van der Waals surface area (Å²) in [6.07, 6.45) is 6.95. The number of rotatable bonds is 5. The van der Waals surface area contributed by atoms with Gasteiger partial charge in [0.25, 0.3) is 0 Å². The number of benzene rings is 1. The predicted octanol–water partition coefficient (Wildman–Crippen LogP) is 3.91. The van der Waals surface area contributed by atoms with Gasteiger partial charge >= 0.3 is 0 Å². The van der Waals surface area contributed by atoms with Crippen molar-refractivity contribution in [3.63, 3.8) is 0 Å². The molecule has 6 heteroatoms. The van der Waals surface area contributed by atoms with E-state index >= 15 is 0 Å². The molecular weight excluding hydrogens is 334 g/mol. The van der Waals surface area contributed by atoms with Crippen LogP contribution in [0.5, 0.6) is 0 Å². The average molecular weight is 362 g/mol. The Labute approximate surface area is 150 Å². The molecular formula is C19H27N3O2S. The van der Waals surface area contributed by atoms with E-state index in [-0.39, 0.29) is 12.1 Å². The van der Waals surface area contributed by atoms with Crippen LogP contribution in [-0.2, 0) is 10.0 Å². The van der Waals surface area contributed by atoms with Crippen LogP contribution < -0.4 is 0 Å². The summed E-state index contributed by atoms with van der Waals surface area (Å²) in [7, 11) is -3.57. The summed E-state index contributed by atoms with van der Waals surface area (Å²) in [6, 6.07) is 9.65. The summed E-state index contributed by atoms with van der Waals surface area (Å²) in [5.74, 6) is 0. The quantitative estimate of drug-likeness (QED) is 0.811. The zero-order chi connectivity index (χ0) is 18.0. The Balaban J connectivity index is 1.99. The first kappa shape index (κ1) is 18.1. The van der Waals surface area contributed by atoms with Gasteiger partial charge in [-0.05, 0) is 45.7 Å². The fraction of sp³-hybridized carbons (Fsp3) is 0.526. The van der Waals surface area contributed by atoms with E-state index in [9.17, 15) is 8.42 Å². The Hall–Kier alpha value is -1.66. The highest BCUT2D eigenvalue weighted by Crippen LogP contribution is 2.31. The van der Waals surface area contributed by atoms with Crippen molar-refractivity contribution in [2.24, 2.45) is 0 Å². The van der Waals surface area contributed by atoms with E-state index in [0.29, 0.717) is 10.6 Å². The number of aryl methyl sites for hydroxylation is 1. The highest BCUT2D eigenvalue weighted by molar-refractivity contribution is 7.89. The second-order valence-corrected chi connectivity index (χ2v) is 8.89. The van der Waals surface area contributed by atoms with E-state index in [0.717, 1.165) is 31.4 Å². The molecule has 0 bridgehead atoms. The van der Waals surface area contributed by atoms with Crippen molar-refractivity contribution in [2.45, 2.75) is 69.9 Å². The highest BCUT2D eigenvalue weighted by Gasteiger charge is 2.36. The number of hydrogen-bond donors (Lipinski definition) is 0. The zero-order valence-corrected chi connectivity index (χ0v) is 16.0. The van der Waals surface area contributed by atoms with E-state index in [1.54, 1.807) is 22.1 Å². The first-order valence-electron chi connectivity index (χ1n) is 9.06. The van der Waals surface area contributed by atoms with Gasteiger partial charge in [0, 0.05) is 12.1 Å². The van der Waals surface area contributed by atoms with Crippen LogP contribution in [-0.4, -0.2) is 34.6 Å². The van der Waals surface area contributed by atoms with Gasteiger partial charge in [-0.2, -0.15) is 9.40 Å². The van der Waals surface area contributed by atoms with Crippen LogP contribution in [0.4, 0.5) is 0 Å². The molecule has 3 rings (SSSR count). The standard InChI is InChI=1S/C19H27N3O2S/c1-15(2)22(18-12-8-5-9-13-18)25(23,24)19-14-21(20-16(19)3)17-10-6-4-7-11-17/h4,6-7,10-11,14-15,18H,5,8-9,12-13H2,1-3H3. The number of para-hydroxylation sites is 1. The molecule has 1 aromatic heterocycles. The molecule has 5 nitrogen and oxygen atoms in total. The molecule has 0 N–H and O–H groups in total. The third kappa shape index (κ3) is 3.65. The molecule has 1 aromatic carbocycles. The molecule has 0 aliphatic heterocycles. The van der Waals surface area contributed by atoms with Crippen LogP contribution in [0.25, 0.3) is 5.69 Å². The van der Waals surface area contributed by atoms with Gasteiger partial charge in [0.1, 0.15) is 4.90 Å². The number of hydrogen-bond acceptors (Lipinski definition) is 3. The summed E-state index contributed by atoms with van der Waals surface area (Å²) < 4.78 is 30.2. The lowest BCUT2D eigenvalue weighted by Gasteiger charge is -2.36. The van der Waals surface area contributed by atoms with Gasteiger partial charge in [-0.1, -0.05) is 37.5 Å². The van der Waals surface area contributed by atoms with Gasteiger partial charge in [0.05, 0.1) is 17.6 Å². The summed E-state index contributed by atoms with van der Waals surface area (Å²) in [4.78, 5) is 0.315. The number of aromatic nitrogens is 2. The molecule has 0 spiro atoms. The third-order valence-electron chi connectivity index (χ3n) is 4.87. The monoisotopic (exact) mass is 361 g/mol. The molecule has 0 atom stereocenters. The first-order valence-corrected chi connectivity index (χ1v) is 10.5. The fourth-order valence-electron chi connectivity index (χ4n) is 3.76. The molecule has 25 heavy (non-hydrogen) atoms. The summed E-state index contributed by atoms with van der Waals surface area (Å²) >= 11 is 0. The molecule has 0 saturated heterocycles. The molecule has 1 saturated carbocycles. The maximum atomic E-state index is 13.4.